The zero-order valence-corrected chi connectivity index (χ0v) is 24.5. The summed E-state index contributed by atoms with van der Waals surface area (Å²) in [4.78, 5) is 17.7. The van der Waals surface area contributed by atoms with Crippen molar-refractivity contribution in [2.75, 3.05) is 5.32 Å². The van der Waals surface area contributed by atoms with Crippen LogP contribution in [0.3, 0.4) is 0 Å². The average Bonchev–Trinajstić information content (AvgIpc) is 3.11. The molecular weight excluding hydrogens is 523 g/mol. The van der Waals surface area contributed by atoms with E-state index in [9.17, 15) is 4.79 Å². The predicted octanol–water partition coefficient (Wildman–Crippen LogP) is 10.3. The van der Waals surface area contributed by atoms with Crippen LogP contribution in [-0.2, 0) is 6.42 Å². The van der Waals surface area contributed by atoms with Gasteiger partial charge >= 0.3 is 0 Å². The number of hydrogen-bond donors (Lipinski definition) is 1. The van der Waals surface area contributed by atoms with Gasteiger partial charge in [0.2, 0.25) is 0 Å². The molecule has 0 saturated heterocycles. The molecule has 0 aromatic heterocycles. The number of aliphatic imine (C=N–C) groups is 1. The lowest BCUT2D eigenvalue weighted by molar-refractivity contribution is 0.102. The van der Waals surface area contributed by atoms with Gasteiger partial charge in [-0.25, -0.2) is 0 Å². The van der Waals surface area contributed by atoms with E-state index >= 15 is 0 Å². The van der Waals surface area contributed by atoms with Gasteiger partial charge in [-0.05, 0) is 91.3 Å². The van der Waals surface area contributed by atoms with Crippen LogP contribution in [-0.4, -0.2) is 11.6 Å². The van der Waals surface area contributed by atoms with Gasteiger partial charge in [0, 0.05) is 16.3 Å². The Hall–Kier alpha value is -2.62. The van der Waals surface area contributed by atoms with Gasteiger partial charge in [0.15, 0.2) is 0 Å². The molecular formula is C34H38Cl2N2O. The number of nitrogens with one attached hydrogen (secondary N) is 1. The first-order valence-corrected chi connectivity index (χ1v) is 15.2. The predicted molar refractivity (Wildman–Crippen MR) is 166 cm³/mol. The highest BCUT2D eigenvalue weighted by atomic mass is 35.5. The largest absolute Gasteiger partial charge is 0.321 e. The molecule has 1 atom stereocenters. The Morgan fingerprint density at radius 3 is 2.59 bits per heavy atom. The lowest BCUT2D eigenvalue weighted by Crippen LogP contribution is -2.16. The zero-order valence-electron chi connectivity index (χ0n) is 23.0. The maximum absolute atomic E-state index is 12.7. The van der Waals surface area contributed by atoms with Crippen molar-refractivity contribution in [3.05, 3.63) is 93.0 Å². The Morgan fingerprint density at radius 1 is 1.03 bits per heavy atom. The molecule has 1 N–H and O–H groups in total. The number of rotatable bonds is 7. The average molecular weight is 562 g/mol. The minimum atomic E-state index is -0.237. The summed E-state index contributed by atoms with van der Waals surface area (Å²) < 4.78 is 0. The van der Waals surface area contributed by atoms with E-state index in [1.54, 1.807) is 29.8 Å². The van der Waals surface area contributed by atoms with E-state index in [0.29, 0.717) is 27.2 Å². The maximum Gasteiger partial charge on any atom is 0.255 e. The lowest BCUT2D eigenvalue weighted by atomic mass is 9.76. The van der Waals surface area contributed by atoms with E-state index in [4.69, 9.17) is 28.2 Å². The zero-order chi connectivity index (χ0) is 27.4. The van der Waals surface area contributed by atoms with Crippen LogP contribution in [0.15, 0.2) is 76.8 Å². The Bertz CT molecular complexity index is 1340. The summed E-state index contributed by atoms with van der Waals surface area (Å²) in [6.07, 6.45) is 20.4. The number of aryl methyl sites for hydroxylation is 1. The summed E-state index contributed by atoms with van der Waals surface area (Å²) >= 11 is 12.6. The molecule has 5 heteroatoms. The second kappa shape index (κ2) is 12.7. The van der Waals surface area contributed by atoms with Gasteiger partial charge in [-0.15, -0.1) is 0 Å². The number of amides is 1. The number of carbonyl (C=O) groups is 1. The van der Waals surface area contributed by atoms with Gasteiger partial charge in [-0.3, -0.25) is 9.79 Å². The highest BCUT2D eigenvalue weighted by molar-refractivity contribution is 6.34. The minimum Gasteiger partial charge on any atom is -0.321 e. The Balaban J connectivity index is 1.29. The van der Waals surface area contributed by atoms with Gasteiger partial charge in [0.05, 0.1) is 16.4 Å². The van der Waals surface area contributed by atoms with Crippen molar-refractivity contribution in [2.24, 2.45) is 22.7 Å². The molecule has 1 aliphatic heterocycles. The van der Waals surface area contributed by atoms with Gasteiger partial charge in [-0.2, -0.15) is 0 Å². The molecule has 1 amide bonds. The molecule has 2 aromatic rings. The number of fused-ring (bicyclic) bond motifs is 1. The first kappa shape index (κ1) is 27.9. The van der Waals surface area contributed by atoms with Crippen LogP contribution in [0.1, 0.15) is 81.1 Å². The molecule has 1 fully saturated rings. The summed E-state index contributed by atoms with van der Waals surface area (Å²) in [5.41, 5.74) is 6.87. The van der Waals surface area contributed by atoms with Crippen molar-refractivity contribution in [3.63, 3.8) is 0 Å². The van der Waals surface area contributed by atoms with E-state index in [-0.39, 0.29) is 5.91 Å². The summed E-state index contributed by atoms with van der Waals surface area (Å²) in [6.45, 7) is 4.63. The second-order valence-electron chi connectivity index (χ2n) is 11.4. The Labute approximate surface area is 243 Å². The number of allylic oxidation sites excluding steroid dienone is 6. The van der Waals surface area contributed by atoms with Gasteiger partial charge in [0.1, 0.15) is 0 Å². The molecule has 5 rings (SSSR count). The summed E-state index contributed by atoms with van der Waals surface area (Å²) in [5, 5.41) is 3.93. The van der Waals surface area contributed by atoms with Crippen LogP contribution in [0.5, 0.6) is 0 Å². The van der Waals surface area contributed by atoms with E-state index in [1.807, 2.05) is 12.1 Å². The van der Waals surface area contributed by atoms with Crippen LogP contribution < -0.4 is 5.32 Å². The number of benzene rings is 2. The monoisotopic (exact) mass is 560 g/mol. The van der Waals surface area contributed by atoms with Crippen molar-refractivity contribution in [2.45, 2.75) is 71.6 Å². The van der Waals surface area contributed by atoms with Crippen LogP contribution in [0.25, 0.3) is 0 Å². The molecule has 2 aliphatic carbocycles. The summed E-state index contributed by atoms with van der Waals surface area (Å²) in [5.74, 6) is 1.99. The molecule has 1 saturated carbocycles. The van der Waals surface area contributed by atoms with Crippen molar-refractivity contribution in [1.82, 2.24) is 0 Å². The molecule has 39 heavy (non-hydrogen) atoms. The van der Waals surface area contributed by atoms with Gasteiger partial charge in [-0.1, -0.05) is 98.7 Å². The highest BCUT2D eigenvalue weighted by Crippen LogP contribution is 2.38. The smallest absolute Gasteiger partial charge is 0.255 e. The molecule has 0 spiro atoms. The normalized spacial score (nSPS) is 22.8. The number of nitrogens with zero attached hydrogens (tertiary/aromatic N) is 1. The molecule has 1 unspecified atom stereocenters. The third-order valence-corrected chi connectivity index (χ3v) is 9.08. The Morgan fingerprint density at radius 2 is 1.82 bits per heavy atom. The third kappa shape index (κ3) is 6.94. The van der Waals surface area contributed by atoms with Crippen molar-refractivity contribution in [1.29, 1.82) is 0 Å². The fourth-order valence-corrected chi connectivity index (χ4v) is 6.58. The Kier molecular flexibility index (Phi) is 9.10. The van der Waals surface area contributed by atoms with Crippen molar-refractivity contribution >= 4 is 46.2 Å². The van der Waals surface area contributed by atoms with Gasteiger partial charge < -0.3 is 5.32 Å². The molecule has 2 aromatic carbocycles. The van der Waals surface area contributed by atoms with E-state index in [2.05, 4.69) is 43.5 Å². The first-order valence-electron chi connectivity index (χ1n) is 14.5. The molecule has 3 aliphatic rings. The molecule has 0 radical (unpaired) electrons. The van der Waals surface area contributed by atoms with Crippen LogP contribution in [0.2, 0.25) is 10.0 Å². The molecule has 0 bridgehead atoms. The van der Waals surface area contributed by atoms with Crippen LogP contribution >= 0.6 is 23.2 Å². The summed E-state index contributed by atoms with van der Waals surface area (Å²) in [7, 11) is 0. The standard InChI is InChI=1S/C34H38Cl2N2O/c1-3-5-23-9-11-24(12-10-23)18-26-15-14-25(13-8-22(26)2)31-17-16-27-20-33(30(36)21-32(27)37-31)38-34(39)28-6-4-7-29(35)19-28/h4,6-8,13-15,19-24H,3,5,9-12,16-18H2,1-2H3,(H,38,39). The fraction of sp³-hybridized carbons (Fsp3) is 0.412. The van der Waals surface area contributed by atoms with Gasteiger partial charge in [0.25, 0.3) is 5.91 Å². The SMILES string of the molecule is CCCC1CCC(CC2=CC=C(C3=Nc4cc(Cl)c(NC(=O)c5cccc(Cl)c5)cc4CC3)C=CC2C)CC1. The van der Waals surface area contributed by atoms with Crippen LogP contribution in [0, 0.1) is 17.8 Å². The highest BCUT2D eigenvalue weighted by Gasteiger charge is 2.23. The molecule has 3 nitrogen and oxygen atoms in total. The third-order valence-electron chi connectivity index (χ3n) is 8.54. The van der Waals surface area contributed by atoms with E-state index < -0.39 is 0 Å². The number of carbonyl (C=O) groups excluding carboxylic acids is 1. The number of anilines is 1. The summed E-state index contributed by atoms with van der Waals surface area (Å²) in [6, 6.07) is 10.7. The number of hydrogen-bond acceptors (Lipinski definition) is 2. The van der Waals surface area contributed by atoms with E-state index in [0.717, 1.165) is 41.6 Å². The molecule has 1 heterocycles. The van der Waals surface area contributed by atoms with Crippen LogP contribution in [0.4, 0.5) is 11.4 Å². The first-order chi connectivity index (χ1) is 18.9. The van der Waals surface area contributed by atoms with Crippen molar-refractivity contribution < 1.29 is 4.79 Å². The maximum atomic E-state index is 12.7. The molecule has 204 valence electrons. The number of halogens is 2. The second-order valence-corrected chi connectivity index (χ2v) is 12.2. The lowest BCUT2D eigenvalue weighted by Gasteiger charge is -2.29. The van der Waals surface area contributed by atoms with Crippen molar-refractivity contribution in [3.8, 4) is 0 Å². The van der Waals surface area contributed by atoms with E-state index in [1.165, 1.54) is 50.5 Å². The minimum absolute atomic E-state index is 0.237. The topological polar surface area (TPSA) is 41.5 Å². The fourth-order valence-electron chi connectivity index (χ4n) is 6.18. The quantitative estimate of drug-likeness (QED) is 0.359.